The highest BCUT2D eigenvalue weighted by Crippen LogP contribution is 2.35. The number of hydrogen-bond acceptors (Lipinski definition) is 3. The smallest absolute Gasteiger partial charge is 0.229 e. The highest BCUT2D eigenvalue weighted by Gasteiger charge is 2.35. The van der Waals surface area contributed by atoms with Crippen LogP contribution in [-0.2, 0) is 4.79 Å². The Morgan fingerprint density at radius 3 is 2.84 bits per heavy atom. The lowest BCUT2D eigenvalue weighted by atomic mass is 9.85. The lowest BCUT2D eigenvalue weighted by molar-refractivity contribution is -0.131. The van der Waals surface area contributed by atoms with E-state index >= 15 is 0 Å². The molecule has 2 heterocycles. The van der Waals surface area contributed by atoms with Crippen molar-refractivity contribution in [1.29, 1.82) is 5.26 Å². The van der Waals surface area contributed by atoms with Crippen molar-refractivity contribution < 1.29 is 4.79 Å². The fraction of sp³-hybridized carbons (Fsp3) is 0.333. The molecule has 0 aromatic heterocycles. The molecule has 1 N–H and O–H groups in total. The Morgan fingerprint density at radius 1 is 1.32 bits per heavy atom. The van der Waals surface area contributed by atoms with Crippen LogP contribution in [0.25, 0.3) is 0 Å². The molecular formula is C15H15N3O. The molecule has 4 nitrogen and oxygen atoms in total. The van der Waals surface area contributed by atoms with Crippen molar-refractivity contribution in [2.45, 2.75) is 18.8 Å². The quantitative estimate of drug-likeness (QED) is 0.829. The van der Waals surface area contributed by atoms with Gasteiger partial charge < -0.3 is 5.32 Å². The van der Waals surface area contributed by atoms with E-state index in [1.807, 2.05) is 30.3 Å². The van der Waals surface area contributed by atoms with E-state index in [2.05, 4.69) is 11.4 Å². The van der Waals surface area contributed by atoms with Crippen LogP contribution >= 0.6 is 0 Å². The molecule has 1 atom stereocenters. The number of allylic oxidation sites excluding steroid dienone is 1. The summed E-state index contributed by atoms with van der Waals surface area (Å²) in [7, 11) is 0. The van der Waals surface area contributed by atoms with Crippen LogP contribution in [0.3, 0.4) is 0 Å². The summed E-state index contributed by atoms with van der Waals surface area (Å²) in [6.45, 7) is 1.54. The molecule has 0 bridgehead atoms. The molecule has 19 heavy (non-hydrogen) atoms. The molecule has 0 radical (unpaired) electrons. The minimum absolute atomic E-state index is 0.107. The first kappa shape index (κ1) is 11.8. The largest absolute Gasteiger partial charge is 0.370 e. The average molecular weight is 253 g/mol. The van der Waals surface area contributed by atoms with Crippen molar-refractivity contribution in [2.75, 3.05) is 13.1 Å². The number of nitrogens with one attached hydrogen (secondary N) is 1. The van der Waals surface area contributed by atoms with E-state index in [0.29, 0.717) is 18.5 Å². The number of fused-ring (bicyclic) bond motifs is 1. The van der Waals surface area contributed by atoms with Gasteiger partial charge in [0.2, 0.25) is 5.91 Å². The summed E-state index contributed by atoms with van der Waals surface area (Å²) >= 11 is 0. The fourth-order valence-corrected chi connectivity index (χ4v) is 2.79. The van der Waals surface area contributed by atoms with Gasteiger partial charge in [-0.2, -0.15) is 5.26 Å². The number of amides is 1. The van der Waals surface area contributed by atoms with Crippen LogP contribution in [0.5, 0.6) is 0 Å². The summed E-state index contributed by atoms with van der Waals surface area (Å²) in [6, 6.07) is 12.1. The first-order valence-electron chi connectivity index (χ1n) is 6.54. The van der Waals surface area contributed by atoms with Gasteiger partial charge in [0.1, 0.15) is 5.82 Å². The van der Waals surface area contributed by atoms with Crippen LogP contribution in [0.2, 0.25) is 0 Å². The molecule has 2 aliphatic rings. The van der Waals surface area contributed by atoms with Crippen molar-refractivity contribution in [2.24, 2.45) is 0 Å². The first-order chi connectivity index (χ1) is 9.31. The van der Waals surface area contributed by atoms with Gasteiger partial charge in [-0.3, -0.25) is 9.69 Å². The van der Waals surface area contributed by atoms with E-state index in [-0.39, 0.29) is 11.8 Å². The molecule has 1 unspecified atom stereocenters. The van der Waals surface area contributed by atoms with E-state index < -0.39 is 0 Å². The van der Waals surface area contributed by atoms with E-state index in [1.54, 1.807) is 4.90 Å². The van der Waals surface area contributed by atoms with Crippen LogP contribution in [-0.4, -0.2) is 23.9 Å². The molecule has 4 heteroatoms. The van der Waals surface area contributed by atoms with Crippen molar-refractivity contribution >= 4 is 5.91 Å². The summed E-state index contributed by atoms with van der Waals surface area (Å²) in [5.74, 6) is 0.712. The minimum atomic E-state index is -0.115. The molecule has 0 spiro atoms. The van der Waals surface area contributed by atoms with E-state index in [0.717, 1.165) is 24.4 Å². The SMILES string of the molecule is N#CC1=C2NCCCN2C(=O)CC1c1ccccc1. The molecule has 2 aliphatic heterocycles. The van der Waals surface area contributed by atoms with Gasteiger partial charge in [0.05, 0.1) is 11.6 Å². The molecule has 1 aromatic rings. The van der Waals surface area contributed by atoms with Crippen LogP contribution in [0.4, 0.5) is 0 Å². The van der Waals surface area contributed by atoms with E-state index in [1.165, 1.54) is 0 Å². The summed E-state index contributed by atoms with van der Waals surface area (Å²) in [4.78, 5) is 13.9. The highest BCUT2D eigenvalue weighted by molar-refractivity contribution is 5.82. The third-order valence-corrected chi connectivity index (χ3v) is 3.73. The molecule has 96 valence electrons. The maximum Gasteiger partial charge on any atom is 0.229 e. The maximum atomic E-state index is 12.2. The Kier molecular flexibility index (Phi) is 2.96. The number of rotatable bonds is 1. The third-order valence-electron chi connectivity index (χ3n) is 3.73. The van der Waals surface area contributed by atoms with Gasteiger partial charge in [-0.25, -0.2) is 0 Å². The zero-order chi connectivity index (χ0) is 13.2. The monoisotopic (exact) mass is 253 g/mol. The molecular weight excluding hydrogens is 238 g/mol. The van der Waals surface area contributed by atoms with Crippen LogP contribution in [0.1, 0.15) is 24.3 Å². The second kappa shape index (κ2) is 4.77. The van der Waals surface area contributed by atoms with Gasteiger partial charge in [-0.15, -0.1) is 0 Å². The van der Waals surface area contributed by atoms with Crippen LogP contribution in [0.15, 0.2) is 41.7 Å². The minimum Gasteiger partial charge on any atom is -0.370 e. The number of carbonyl (C=O) groups is 1. The second-order valence-corrected chi connectivity index (χ2v) is 4.87. The van der Waals surface area contributed by atoms with Gasteiger partial charge in [-0.1, -0.05) is 30.3 Å². The molecule has 1 amide bonds. The Balaban J connectivity index is 2.07. The van der Waals surface area contributed by atoms with Gasteiger partial charge in [-0.05, 0) is 12.0 Å². The van der Waals surface area contributed by atoms with Crippen molar-refractivity contribution in [1.82, 2.24) is 10.2 Å². The lowest BCUT2D eigenvalue weighted by Crippen LogP contribution is -2.47. The Bertz CT molecular complexity index is 571. The number of hydrogen-bond donors (Lipinski definition) is 1. The maximum absolute atomic E-state index is 12.2. The van der Waals surface area contributed by atoms with Gasteiger partial charge in [0.25, 0.3) is 0 Å². The van der Waals surface area contributed by atoms with Gasteiger partial charge in [0.15, 0.2) is 0 Å². The van der Waals surface area contributed by atoms with Crippen molar-refractivity contribution in [3.8, 4) is 6.07 Å². The van der Waals surface area contributed by atoms with Crippen LogP contribution in [0, 0.1) is 11.3 Å². The summed E-state index contributed by atoms with van der Waals surface area (Å²) in [5.41, 5.74) is 1.72. The van der Waals surface area contributed by atoms with Gasteiger partial charge >= 0.3 is 0 Å². The van der Waals surface area contributed by atoms with Crippen LogP contribution < -0.4 is 5.32 Å². The van der Waals surface area contributed by atoms with Crippen molar-refractivity contribution in [3.63, 3.8) is 0 Å². The standard InChI is InChI=1S/C15H15N3O/c16-10-13-12(11-5-2-1-3-6-11)9-14(19)18-8-4-7-17-15(13)18/h1-3,5-6,12,17H,4,7-9H2. The molecule has 0 aliphatic carbocycles. The molecule has 1 fully saturated rings. The van der Waals surface area contributed by atoms with E-state index in [4.69, 9.17) is 0 Å². The highest BCUT2D eigenvalue weighted by atomic mass is 16.2. The predicted octanol–water partition coefficient (Wildman–Crippen LogP) is 1.73. The van der Waals surface area contributed by atoms with E-state index in [9.17, 15) is 10.1 Å². The zero-order valence-electron chi connectivity index (χ0n) is 10.6. The predicted molar refractivity (Wildman–Crippen MR) is 70.8 cm³/mol. The third kappa shape index (κ3) is 1.97. The number of nitrogens with zero attached hydrogens (tertiary/aromatic N) is 2. The topological polar surface area (TPSA) is 56.1 Å². The number of carbonyl (C=O) groups excluding carboxylic acids is 1. The summed E-state index contributed by atoms with van der Waals surface area (Å²) < 4.78 is 0. The fourth-order valence-electron chi connectivity index (χ4n) is 2.79. The van der Waals surface area contributed by atoms with Gasteiger partial charge in [0, 0.05) is 25.4 Å². The normalized spacial score (nSPS) is 22.6. The zero-order valence-corrected chi connectivity index (χ0v) is 10.6. The summed E-state index contributed by atoms with van der Waals surface area (Å²) in [5, 5.41) is 12.7. The summed E-state index contributed by atoms with van der Waals surface area (Å²) in [6.07, 6.45) is 1.32. The second-order valence-electron chi connectivity index (χ2n) is 4.87. The molecule has 1 aromatic carbocycles. The number of benzene rings is 1. The average Bonchev–Trinajstić information content (AvgIpc) is 2.48. The Hall–Kier alpha value is -2.28. The Labute approximate surface area is 112 Å². The van der Waals surface area contributed by atoms with Crippen molar-refractivity contribution in [3.05, 3.63) is 47.3 Å². The molecule has 3 rings (SSSR count). The Morgan fingerprint density at radius 2 is 2.11 bits per heavy atom. The first-order valence-corrected chi connectivity index (χ1v) is 6.54. The number of nitriles is 1. The molecule has 1 saturated heterocycles. The lowest BCUT2D eigenvalue weighted by Gasteiger charge is -2.37. The molecule has 0 saturated carbocycles.